The molecule has 0 fully saturated rings. The number of rotatable bonds is 5. The second-order valence-corrected chi connectivity index (χ2v) is 6.29. The average molecular weight is 381 g/mol. The SMILES string of the molecule is Cc1c(C(=O)OC(C)C(=O)N(C)c2ccccc2)cnn1-c1ccccc1F. The summed E-state index contributed by atoms with van der Waals surface area (Å²) < 4.78 is 20.7. The lowest BCUT2D eigenvalue weighted by molar-refractivity contribution is -0.126. The molecule has 0 spiro atoms. The summed E-state index contributed by atoms with van der Waals surface area (Å²) in [5.74, 6) is -1.51. The molecule has 6 nitrogen and oxygen atoms in total. The normalized spacial score (nSPS) is 11.7. The lowest BCUT2D eigenvalue weighted by Gasteiger charge is -2.21. The molecule has 28 heavy (non-hydrogen) atoms. The number of anilines is 1. The van der Waals surface area contributed by atoms with Gasteiger partial charge in [0, 0.05) is 12.7 Å². The quantitative estimate of drug-likeness (QED) is 0.634. The molecule has 0 N–H and O–H groups in total. The number of nitrogens with zero attached hydrogens (tertiary/aromatic N) is 3. The van der Waals surface area contributed by atoms with Gasteiger partial charge in [0.05, 0.1) is 11.9 Å². The number of hydrogen-bond donors (Lipinski definition) is 0. The summed E-state index contributed by atoms with van der Waals surface area (Å²) >= 11 is 0. The van der Waals surface area contributed by atoms with Crippen molar-refractivity contribution in [2.75, 3.05) is 11.9 Å². The molecule has 0 aliphatic heterocycles. The molecule has 0 aliphatic carbocycles. The molecule has 7 heteroatoms. The predicted octanol–water partition coefficient (Wildman–Crippen LogP) is 3.53. The van der Waals surface area contributed by atoms with Gasteiger partial charge in [-0.1, -0.05) is 30.3 Å². The summed E-state index contributed by atoms with van der Waals surface area (Å²) in [6.45, 7) is 3.15. The van der Waals surface area contributed by atoms with Crippen LogP contribution in [0.2, 0.25) is 0 Å². The number of carbonyl (C=O) groups is 2. The predicted molar refractivity (Wildman–Crippen MR) is 103 cm³/mol. The Hall–Kier alpha value is -3.48. The molecule has 0 bridgehead atoms. The first-order valence-corrected chi connectivity index (χ1v) is 8.73. The highest BCUT2D eigenvalue weighted by Crippen LogP contribution is 2.19. The number of likely N-dealkylation sites (N-methyl/N-ethyl adjacent to an activating group) is 1. The third-order valence-electron chi connectivity index (χ3n) is 4.42. The van der Waals surface area contributed by atoms with Gasteiger partial charge in [-0.15, -0.1) is 0 Å². The van der Waals surface area contributed by atoms with Crippen LogP contribution in [0.4, 0.5) is 10.1 Å². The number of carbonyl (C=O) groups excluding carboxylic acids is 2. The minimum absolute atomic E-state index is 0.172. The van der Waals surface area contributed by atoms with Crippen molar-refractivity contribution in [1.82, 2.24) is 9.78 Å². The van der Waals surface area contributed by atoms with E-state index in [2.05, 4.69) is 5.10 Å². The zero-order chi connectivity index (χ0) is 20.3. The molecule has 1 heterocycles. The Labute approximate surface area is 162 Å². The van der Waals surface area contributed by atoms with Crippen molar-refractivity contribution >= 4 is 17.6 Å². The highest BCUT2D eigenvalue weighted by atomic mass is 19.1. The molecule has 1 unspecified atom stereocenters. The van der Waals surface area contributed by atoms with E-state index < -0.39 is 17.9 Å². The van der Waals surface area contributed by atoms with E-state index in [1.54, 1.807) is 44.3 Å². The summed E-state index contributed by atoms with van der Waals surface area (Å²) in [4.78, 5) is 26.5. The van der Waals surface area contributed by atoms with Gasteiger partial charge in [0.2, 0.25) is 0 Å². The van der Waals surface area contributed by atoms with E-state index in [4.69, 9.17) is 4.74 Å². The molecule has 144 valence electrons. The van der Waals surface area contributed by atoms with Gasteiger partial charge in [-0.3, -0.25) is 4.79 Å². The Morgan fingerprint density at radius 2 is 1.75 bits per heavy atom. The minimum atomic E-state index is -0.992. The highest BCUT2D eigenvalue weighted by Gasteiger charge is 2.25. The van der Waals surface area contributed by atoms with Crippen molar-refractivity contribution in [2.45, 2.75) is 20.0 Å². The van der Waals surface area contributed by atoms with E-state index in [-0.39, 0.29) is 17.2 Å². The number of esters is 1. The van der Waals surface area contributed by atoms with Crippen LogP contribution in [-0.2, 0) is 9.53 Å². The summed E-state index contributed by atoms with van der Waals surface area (Å²) in [7, 11) is 1.61. The highest BCUT2D eigenvalue weighted by molar-refractivity contribution is 5.98. The zero-order valence-electron chi connectivity index (χ0n) is 15.8. The van der Waals surface area contributed by atoms with Crippen LogP contribution in [0.3, 0.4) is 0 Å². The summed E-state index contributed by atoms with van der Waals surface area (Å²) in [6, 6.07) is 15.2. The summed E-state index contributed by atoms with van der Waals surface area (Å²) in [6.07, 6.45) is 0.316. The lowest BCUT2D eigenvalue weighted by Crippen LogP contribution is -2.37. The van der Waals surface area contributed by atoms with Crippen molar-refractivity contribution in [3.05, 3.63) is 77.9 Å². The number of ether oxygens (including phenoxy) is 1. The van der Waals surface area contributed by atoms with E-state index in [0.29, 0.717) is 11.4 Å². The van der Waals surface area contributed by atoms with Crippen molar-refractivity contribution in [3.63, 3.8) is 0 Å². The molecule has 1 aromatic heterocycles. The van der Waals surface area contributed by atoms with E-state index >= 15 is 0 Å². The molecule has 2 aromatic carbocycles. The van der Waals surface area contributed by atoms with Crippen molar-refractivity contribution in [2.24, 2.45) is 0 Å². The molecule has 3 aromatic rings. The van der Waals surface area contributed by atoms with Gasteiger partial charge >= 0.3 is 5.97 Å². The maximum absolute atomic E-state index is 14.0. The molecule has 1 atom stereocenters. The first-order valence-electron chi connectivity index (χ1n) is 8.73. The standard InChI is InChI=1S/C21H20FN3O3/c1-14-17(13-23-25(14)19-12-8-7-11-18(19)22)21(27)28-15(2)20(26)24(3)16-9-5-4-6-10-16/h4-13,15H,1-3H3. The number of para-hydroxylation sites is 2. The molecule has 0 saturated heterocycles. The van der Waals surface area contributed by atoms with Crippen molar-refractivity contribution in [1.29, 1.82) is 0 Å². The van der Waals surface area contributed by atoms with Crippen LogP contribution < -0.4 is 4.90 Å². The van der Waals surface area contributed by atoms with E-state index in [1.807, 2.05) is 18.2 Å². The molecular formula is C21H20FN3O3. The Kier molecular flexibility index (Phi) is 5.54. The van der Waals surface area contributed by atoms with Crippen molar-refractivity contribution < 1.29 is 18.7 Å². The van der Waals surface area contributed by atoms with Gasteiger partial charge in [-0.25, -0.2) is 13.9 Å². The topological polar surface area (TPSA) is 64.4 Å². The fourth-order valence-corrected chi connectivity index (χ4v) is 2.80. The monoisotopic (exact) mass is 381 g/mol. The van der Waals surface area contributed by atoms with E-state index in [9.17, 15) is 14.0 Å². The Bertz CT molecular complexity index is 1000. The average Bonchev–Trinajstić information content (AvgIpc) is 3.09. The molecule has 0 aliphatic rings. The second kappa shape index (κ2) is 8.04. The maximum atomic E-state index is 14.0. The fourth-order valence-electron chi connectivity index (χ4n) is 2.80. The molecule has 0 saturated carbocycles. The van der Waals surface area contributed by atoms with E-state index in [1.165, 1.54) is 28.8 Å². The van der Waals surface area contributed by atoms with Gasteiger partial charge in [0.15, 0.2) is 6.10 Å². The van der Waals surface area contributed by atoms with Crippen LogP contribution in [-0.4, -0.2) is 34.8 Å². The number of hydrogen-bond acceptors (Lipinski definition) is 4. The first kappa shape index (κ1) is 19.3. The van der Waals surface area contributed by atoms with Gasteiger partial charge in [-0.2, -0.15) is 5.10 Å². The van der Waals surface area contributed by atoms with E-state index in [0.717, 1.165) is 0 Å². The van der Waals surface area contributed by atoms with Crippen LogP contribution in [0.25, 0.3) is 5.69 Å². The Morgan fingerprint density at radius 3 is 2.43 bits per heavy atom. The molecule has 1 amide bonds. The van der Waals surface area contributed by atoms with Gasteiger partial charge in [0.25, 0.3) is 5.91 Å². The number of aromatic nitrogens is 2. The first-order chi connectivity index (χ1) is 13.4. The Morgan fingerprint density at radius 1 is 1.11 bits per heavy atom. The third kappa shape index (κ3) is 3.78. The van der Waals surface area contributed by atoms with Gasteiger partial charge in [0.1, 0.15) is 17.1 Å². The largest absolute Gasteiger partial charge is 0.449 e. The third-order valence-corrected chi connectivity index (χ3v) is 4.42. The molecular weight excluding hydrogens is 361 g/mol. The fraction of sp³-hybridized carbons (Fsp3) is 0.190. The lowest BCUT2D eigenvalue weighted by atomic mass is 10.2. The van der Waals surface area contributed by atoms with Crippen LogP contribution >= 0.6 is 0 Å². The summed E-state index contributed by atoms with van der Waals surface area (Å²) in [5, 5.41) is 4.08. The van der Waals surface area contributed by atoms with Crippen LogP contribution in [0, 0.1) is 12.7 Å². The van der Waals surface area contributed by atoms with Crippen LogP contribution in [0.15, 0.2) is 60.8 Å². The van der Waals surface area contributed by atoms with Gasteiger partial charge < -0.3 is 9.64 Å². The second-order valence-electron chi connectivity index (χ2n) is 6.29. The number of benzene rings is 2. The van der Waals surface area contributed by atoms with Crippen molar-refractivity contribution in [3.8, 4) is 5.69 Å². The van der Waals surface area contributed by atoms with Crippen LogP contribution in [0.5, 0.6) is 0 Å². The van der Waals surface area contributed by atoms with Gasteiger partial charge in [-0.05, 0) is 38.1 Å². The molecule has 3 rings (SSSR count). The Balaban J connectivity index is 1.75. The molecule has 0 radical (unpaired) electrons. The smallest absolute Gasteiger partial charge is 0.342 e. The zero-order valence-corrected chi connectivity index (χ0v) is 15.8. The number of halogens is 1. The summed E-state index contributed by atoms with van der Waals surface area (Å²) in [5.41, 5.74) is 1.52. The minimum Gasteiger partial charge on any atom is -0.449 e. The van der Waals surface area contributed by atoms with Crippen LogP contribution in [0.1, 0.15) is 23.0 Å². The number of amides is 1. The maximum Gasteiger partial charge on any atom is 0.342 e.